The molecule has 0 spiro atoms. The quantitative estimate of drug-likeness (QED) is 0.493. The number of rotatable bonds is 0. The third-order valence-corrected chi connectivity index (χ3v) is 2.29. The second-order valence-corrected chi connectivity index (χ2v) is 3.12. The van der Waals surface area contributed by atoms with E-state index in [1.54, 1.807) is 0 Å². The molecule has 3 heterocycles. The smallest absolute Gasteiger partial charge is 0.0322 e. The predicted molar refractivity (Wildman–Crippen MR) is 37.5 cm³/mol. The van der Waals surface area contributed by atoms with Gasteiger partial charge in [-0.15, -0.1) is 0 Å². The van der Waals surface area contributed by atoms with E-state index in [2.05, 4.69) is 10.2 Å². The summed E-state index contributed by atoms with van der Waals surface area (Å²) in [5.41, 5.74) is 0. The molecule has 0 aromatic rings. The molecule has 9 heavy (non-hydrogen) atoms. The molecule has 0 atom stereocenters. The molecule has 0 amide bonds. The van der Waals surface area contributed by atoms with Crippen LogP contribution in [0.15, 0.2) is 0 Å². The topological polar surface area (TPSA) is 15.3 Å². The van der Waals surface area contributed by atoms with Crippen LogP contribution in [0.25, 0.3) is 0 Å². The van der Waals surface area contributed by atoms with Crippen LogP contribution in [0, 0.1) is 0 Å². The fourth-order valence-electron chi connectivity index (χ4n) is 1.65. The lowest BCUT2D eigenvalue weighted by Gasteiger charge is -2.41. The van der Waals surface area contributed by atoms with Gasteiger partial charge in [-0.1, -0.05) is 0 Å². The van der Waals surface area contributed by atoms with Crippen LogP contribution in [0.4, 0.5) is 0 Å². The highest BCUT2D eigenvalue weighted by Crippen LogP contribution is 2.11. The van der Waals surface area contributed by atoms with Gasteiger partial charge < -0.3 is 10.2 Å². The Bertz CT molecular complexity index is 81.6. The lowest BCUT2D eigenvalue weighted by atomic mass is 10.1. The summed E-state index contributed by atoms with van der Waals surface area (Å²) in [5.74, 6) is 0. The van der Waals surface area contributed by atoms with Crippen molar-refractivity contribution in [2.75, 3.05) is 26.2 Å². The van der Waals surface area contributed by atoms with Crippen molar-refractivity contribution in [3.8, 4) is 0 Å². The number of nitrogens with one attached hydrogen (secondary N) is 1. The molecule has 3 aliphatic heterocycles. The first kappa shape index (κ1) is 5.69. The highest BCUT2D eigenvalue weighted by atomic mass is 15.2. The Morgan fingerprint density at radius 3 is 3.00 bits per heavy atom. The summed E-state index contributed by atoms with van der Waals surface area (Å²) in [6, 6.07) is 0.838. The van der Waals surface area contributed by atoms with Crippen molar-refractivity contribution in [1.29, 1.82) is 0 Å². The minimum atomic E-state index is 0.838. The van der Waals surface area contributed by atoms with E-state index >= 15 is 0 Å². The van der Waals surface area contributed by atoms with Crippen molar-refractivity contribution in [1.82, 2.24) is 10.2 Å². The van der Waals surface area contributed by atoms with Crippen LogP contribution in [0.2, 0.25) is 0 Å². The second kappa shape index (κ2) is 2.27. The van der Waals surface area contributed by atoms with Gasteiger partial charge in [-0.25, -0.2) is 0 Å². The fraction of sp³-hybridized carbons (Fsp3) is 1.00. The van der Waals surface area contributed by atoms with Crippen LogP contribution in [0.3, 0.4) is 0 Å². The molecular formula is C7H14N2. The number of fused-ring (bicyclic) bond motifs is 4. The van der Waals surface area contributed by atoms with Crippen molar-refractivity contribution in [2.45, 2.75) is 18.9 Å². The van der Waals surface area contributed by atoms with Gasteiger partial charge in [-0.3, -0.25) is 0 Å². The molecule has 0 saturated carbocycles. The summed E-state index contributed by atoms with van der Waals surface area (Å²) in [5, 5.41) is 3.51. The summed E-state index contributed by atoms with van der Waals surface area (Å²) in [7, 11) is 0. The molecular weight excluding hydrogens is 112 g/mol. The maximum Gasteiger partial charge on any atom is 0.0322 e. The highest BCUT2D eigenvalue weighted by molar-refractivity contribution is 4.86. The largest absolute Gasteiger partial charge is 0.311 e. The summed E-state index contributed by atoms with van der Waals surface area (Å²) in [6.07, 6.45) is 2.76. The van der Waals surface area contributed by atoms with Crippen LogP contribution in [0.5, 0.6) is 0 Å². The summed E-state index contributed by atoms with van der Waals surface area (Å²) >= 11 is 0. The standard InChI is InChI=1S/C7H14N2/c1-2-4-9-5-7(6-9)8-3-1/h7-8H,1-6H2. The average molecular weight is 126 g/mol. The maximum absolute atomic E-state index is 3.51. The minimum absolute atomic E-state index is 0.838. The van der Waals surface area contributed by atoms with Gasteiger partial charge in [0.25, 0.3) is 0 Å². The van der Waals surface area contributed by atoms with Gasteiger partial charge in [0.15, 0.2) is 0 Å². The molecule has 52 valence electrons. The van der Waals surface area contributed by atoms with Crippen LogP contribution in [-0.4, -0.2) is 37.1 Å². The number of hydrogen-bond donors (Lipinski definition) is 1. The molecule has 2 heteroatoms. The Hall–Kier alpha value is -0.0800. The Morgan fingerprint density at radius 1 is 1.22 bits per heavy atom. The van der Waals surface area contributed by atoms with Gasteiger partial charge in [0.1, 0.15) is 0 Å². The number of hydrogen-bond acceptors (Lipinski definition) is 2. The molecule has 0 aromatic carbocycles. The van der Waals surface area contributed by atoms with E-state index in [0.29, 0.717) is 0 Å². The van der Waals surface area contributed by atoms with Crippen molar-refractivity contribution < 1.29 is 0 Å². The maximum atomic E-state index is 3.51. The van der Waals surface area contributed by atoms with E-state index in [-0.39, 0.29) is 0 Å². The van der Waals surface area contributed by atoms with Gasteiger partial charge in [-0.2, -0.15) is 0 Å². The second-order valence-electron chi connectivity index (χ2n) is 3.12. The zero-order valence-corrected chi connectivity index (χ0v) is 5.77. The van der Waals surface area contributed by atoms with Crippen molar-refractivity contribution >= 4 is 0 Å². The van der Waals surface area contributed by atoms with Crippen molar-refractivity contribution in [3.05, 3.63) is 0 Å². The zero-order valence-electron chi connectivity index (χ0n) is 5.77. The summed E-state index contributed by atoms with van der Waals surface area (Å²) < 4.78 is 0. The molecule has 0 aliphatic carbocycles. The van der Waals surface area contributed by atoms with E-state index < -0.39 is 0 Å². The lowest BCUT2D eigenvalue weighted by molar-refractivity contribution is 0.111. The zero-order chi connectivity index (χ0) is 6.10. The number of nitrogens with zero attached hydrogens (tertiary/aromatic N) is 1. The predicted octanol–water partition coefficient (Wildman–Crippen LogP) is 0.0540. The Morgan fingerprint density at radius 2 is 2.11 bits per heavy atom. The molecule has 1 N–H and O–H groups in total. The van der Waals surface area contributed by atoms with E-state index in [4.69, 9.17) is 0 Å². The Labute approximate surface area is 56.2 Å². The van der Waals surface area contributed by atoms with Gasteiger partial charge >= 0.3 is 0 Å². The molecule has 0 unspecified atom stereocenters. The van der Waals surface area contributed by atoms with E-state index in [1.165, 1.54) is 39.0 Å². The highest BCUT2D eigenvalue weighted by Gasteiger charge is 2.26. The van der Waals surface area contributed by atoms with E-state index in [9.17, 15) is 0 Å². The van der Waals surface area contributed by atoms with Crippen LogP contribution in [-0.2, 0) is 0 Å². The fourth-order valence-corrected chi connectivity index (χ4v) is 1.65. The average Bonchev–Trinajstić information content (AvgIpc) is 1.54. The molecule has 0 radical (unpaired) electrons. The van der Waals surface area contributed by atoms with Gasteiger partial charge in [-0.05, 0) is 25.9 Å². The molecule has 3 fully saturated rings. The molecule has 0 aromatic heterocycles. The SMILES string of the molecule is C1CCN2CC(C2)NC1. The normalized spacial score (nSPS) is 42.7. The van der Waals surface area contributed by atoms with E-state index in [1.807, 2.05) is 0 Å². The van der Waals surface area contributed by atoms with Crippen LogP contribution >= 0.6 is 0 Å². The third-order valence-electron chi connectivity index (χ3n) is 2.29. The molecule has 3 rings (SSSR count). The summed E-state index contributed by atoms with van der Waals surface area (Å²) in [4.78, 5) is 2.52. The summed E-state index contributed by atoms with van der Waals surface area (Å²) in [6.45, 7) is 5.21. The monoisotopic (exact) mass is 126 g/mol. The van der Waals surface area contributed by atoms with Gasteiger partial charge in [0, 0.05) is 19.1 Å². The van der Waals surface area contributed by atoms with Crippen molar-refractivity contribution in [3.63, 3.8) is 0 Å². The molecule has 2 bridgehead atoms. The van der Waals surface area contributed by atoms with Gasteiger partial charge in [0.2, 0.25) is 0 Å². The van der Waals surface area contributed by atoms with Crippen molar-refractivity contribution in [2.24, 2.45) is 0 Å². The Balaban J connectivity index is 1.85. The van der Waals surface area contributed by atoms with E-state index in [0.717, 1.165) is 6.04 Å². The third kappa shape index (κ3) is 1.10. The Kier molecular flexibility index (Phi) is 1.44. The lowest BCUT2D eigenvalue weighted by Crippen LogP contribution is -2.59. The molecule has 3 aliphatic rings. The first-order valence-electron chi connectivity index (χ1n) is 3.91. The van der Waals surface area contributed by atoms with Gasteiger partial charge in [0.05, 0.1) is 0 Å². The van der Waals surface area contributed by atoms with Crippen LogP contribution < -0.4 is 5.32 Å². The first-order valence-corrected chi connectivity index (χ1v) is 3.91. The molecule has 2 nitrogen and oxygen atoms in total. The minimum Gasteiger partial charge on any atom is -0.311 e. The first-order chi connectivity index (χ1) is 4.45. The molecule has 3 saturated heterocycles. The van der Waals surface area contributed by atoms with Crippen LogP contribution in [0.1, 0.15) is 12.8 Å².